The van der Waals surface area contributed by atoms with Crippen molar-refractivity contribution >= 4 is 17.6 Å². The highest BCUT2D eigenvalue weighted by Gasteiger charge is 2.15. The number of hydrogen-bond acceptors (Lipinski definition) is 4. The summed E-state index contributed by atoms with van der Waals surface area (Å²) in [4.78, 5) is 23.2. The summed E-state index contributed by atoms with van der Waals surface area (Å²) in [7, 11) is 1.56. The van der Waals surface area contributed by atoms with Crippen LogP contribution in [0.4, 0.5) is 5.69 Å². The number of benzene rings is 2. The van der Waals surface area contributed by atoms with Gasteiger partial charge in [0.05, 0.1) is 18.8 Å². The smallest absolute Gasteiger partial charge is 0.303 e. The monoisotopic (exact) mass is 357 g/mol. The predicted molar refractivity (Wildman–Crippen MR) is 99.1 cm³/mol. The van der Waals surface area contributed by atoms with Crippen molar-refractivity contribution in [2.24, 2.45) is 0 Å². The van der Waals surface area contributed by atoms with Crippen LogP contribution in [0, 0.1) is 0 Å². The summed E-state index contributed by atoms with van der Waals surface area (Å²) < 4.78 is 10.9. The third-order valence-corrected chi connectivity index (χ3v) is 3.64. The minimum absolute atomic E-state index is 0.0768. The first kappa shape index (κ1) is 19.3. The van der Waals surface area contributed by atoms with Gasteiger partial charge in [-0.05, 0) is 50.1 Å². The zero-order chi connectivity index (χ0) is 19.1. The number of aliphatic carboxylic acids is 1. The molecular weight excluding hydrogens is 334 g/mol. The van der Waals surface area contributed by atoms with E-state index in [9.17, 15) is 9.59 Å². The summed E-state index contributed by atoms with van der Waals surface area (Å²) in [5.41, 5.74) is 1.94. The average Bonchev–Trinajstić information content (AvgIpc) is 2.60. The summed E-state index contributed by atoms with van der Waals surface area (Å²) in [6.45, 7) is 3.77. The molecule has 2 N–H and O–H groups in total. The van der Waals surface area contributed by atoms with Gasteiger partial charge in [-0.1, -0.05) is 12.1 Å². The largest absolute Gasteiger partial charge is 0.497 e. The molecule has 6 heteroatoms. The van der Waals surface area contributed by atoms with Crippen LogP contribution in [0.15, 0.2) is 42.5 Å². The summed E-state index contributed by atoms with van der Waals surface area (Å²) in [5, 5.41) is 11.5. The zero-order valence-corrected chi connectivity index (χ0v) is 15.1. The molecule has 0 saturated carbocycles. The van der Waals surface area contributed by atoms with Crippen LogP contribution in [0.2, 0.25) is 0 Å². The van der Waals surface area contributed by atoms with Crippen LogP contribution in [0.5, 0.6) is 11.5 Å². The van der Waals surface area contributed by atoms with Crippen molar-refractivity contribution in [3.05, 3.63) is 53.6 Å². The van der Waals surface area contributed by atoms with Crippen LogP contribution in [0.1, 0.15) is 36.2 Å². The molecule has 2 aromatic carbocycles. The zero-order valence-electron chi connectivity index (χ0n) is 15.1. The van der Waals surface area contributed by atoms with Crippen molar-refractivity contribution in [1.82, 2.24) is 0 Å². The van der Waals surface area contributed by atoms with E-state index in [0.717, 1.165) is 5.56 Å². The Morgan fingerprint density at radius 2 is 1.81 bits per heavy atom. The van der Waals surface area contributed by atoms with Crippen molar-refractivity contribution in [3.8, 4) is 11.5 Å². The molecule has 0 fully saturated rings. The molecule has 0 radical (unpaired) electrons. The van der Waals surface area contributed by atoms with E-state index in [0.29, 0.717) is 29.2 Å². The molecule has 0 heterocycles. The van der Waals surface area contributed by atoms with Gasteiger partial charge in [0.1, 0.15) is 11.5 Å². The van der Waals surface area contributed by atoms with Crippen molar-refractivity contribution in [2.45, 2.75) is 32.8 Å². The Hall–Kier alpha value is -3.02. The van der Waals surface area contributed by atoms with Crippen LogP contribution in [-0.2, 0) is 11.2 Å². The number of aryl methyl sites for hydroxylation is 1. The number of carboxylic acid groups (broad SMARTS) is 1. The molecule has 0 aliphatic heterocycles. The quantitative estimate of drug-likeness (QED) is 0.751. The molecular formula is C20H23NO5. The Bertz CT molecular complexity index is 768. The number of amides is 1. The fourth-order valence-electron chi connectivity index (χ4n) is 2.37. The standard InChI is InChI=1S/C20H23NO5/c1-13(2)26-18-12-16(25-3)9-10-17(18)20(24)21-15-7-4-14(5-8-15)6-11-19(22)23/h4-5,7-10,12-13H,6,11H2,1-3H3,(H,21,24)(H,22,23). The maximum Gasteiger partial charge on any atom is 0.303 e. The van der Waals surface area contributed by atoms with Gasteiger partial charge in [-0.3, -0.25) is 9.59 Å². The van der Waals surface area contributed by atoms with E-state index in [2.05, 4.69) is 5.32 Å². The number of carbonyl (C=O) groups excluding carboxylic acids is 1. The Labute approximate surface area is 152 Å². The second-order valence-electron chi connectivity index (χ2n) is 6.07. The summed E-state index contributed by atoms with van der Waals surface area (Å²) in [5.74, 6) is -0.0592. The molecule has 0 aromatic heterocycles. The van der Waals surface area contributed by atoms with E-state index in [1.165, 1.54) is 0 Å². The Morgan fingerprint density at radius 3 is 2.38 bits per heavy atom. The van der Waals surface area contributed by atoms with E-state index < -0.39 is 5.97 Å². The highest BCUT2D eigenvalue weighted by molar-refractivity contribution is 6.06. The van der Waals surface area contributed by atoms with E-state index >= 15 is 0 Å². The molecule has 0 aliphatic rings. The maximum absolute atomic E-state index is 12.6. The minimum atomic E-state index is -0.834. The third kappa shape index (κ3) is 5.51. The number of nitrogens with one attached hydrogen (secondary N) is 1. The SMILES string of the molecule is COc1ccc(C(=O)Nc2ccc(CCC(=O)O)cc2)c(OC(C)C)c1. The van der Waals surface area contributed by atoms with E-state index in [4.69, 9.17) is 14.6 Å². The Morgan fingerprint density at radius 1 is 1.12 bits per heavy atom. The van der Waals surface area contributed by atoms with Crippen molar-refractivity contribution in [3.63, 3.8) is 0 Å². The van der Waals surface area contributed by atoms with Gasteiger partial charge in [-0.15, -0.1) is 0 Å². The summed E-state index contributed by atoms with van der Waals surface area (Å²) >= 11 is 0. The lowest BCUT2D eigenvalue weighted by molar-refractivity contribution is -0.136. The maximum atomic E-state index is 12.6. The highest BCUT2D eigenvalue weighted by atomic mass is 16.5. The van der Waals surface area contributed by atoms with E-state index in [1.54, 1.807) is 49.6 Å². The molecule has 1 amide bonds. The second-order valence-corrected chi connectivity index (χ2v) is 6.07. The fraction of sp³-hybridized carbons (Fsp3) is 0.300. The first-order chi connectivity index (χ1) is 12.4. The Kier molecular flexibility index (Phi) is 6.60. The summed E-state index contributed by atoms with van der Waals surface area (Å²) in [6, 6.07) is 12.2. The van der Waals surface area contributed by atoms with Crippen LogP contribution in [0.3, 0.4) is 0 Å². The lowest BCUT2D eigenvalue weighted by atomic mass is 10.1. The first-order valence-corrected chi connectivity index (χ1v) is 8.36. The molecule has 0 saturated heterocycles. The molecule has 138 valence electrons. The molecule has 0 atom stereocenters. The summed E-state index contributed by atoms with van der Waals surface area (Å²) in [6.07, 6.45) is 0.448. The Balaban J connectivity index is 2.12. The van der Waals surface area contributed by atoms with E-state index in [1.807, 2.05) is 13.8 Å². The van der Waals surface area contributed by atoms with Crippen molar-refractivity contribution in [2.75, 3.05) is 12.4 Å². The van der Waals surface area contributed by atoms with Gasteiger partial charge < -0.3 is 19.9 Å². The number of methoxy groups -OCH3 is 1. The number of carbonyl (C=O) groups is 2. The molecule has 0 aliphatic carbocycles. The van der Waals surface area contributed by atoms with E-state index in [-0.39, 0.29) is 18.4 Å². The normalized spacial score (nSPS) is 10.5. The predicted octanol–water partition coefficient (Wildman–Crippen LogP) is 3.75. The topological polar surface area (TPSA) is 84.9 Å². The van der Waals surface area contributed by atoms with Crippen molar-refractivity contribution < 1.29 is 24.2 Å². The van der Waals surface area contributed by atoms with Crippen LogP contribution >= 0.6 is 0 Å². The second kappa shape index (κ2) is 8.89. The number of hydrogen-bond donors (Lipinski definition) is 2. The molecule has 0 spiro atoms. The first-order valence-electron chi connectivity index (χ1n) is 8.36. The van der Waals surface area contributed by atoms with Crippen LogP contribution in [0.25, 0.3) is 0 Å². The number of carboxylic acids is 1. The van der Waals surface area contributed by atoms with Crippen LogP contribution < -0.4 is 14.8 Å². The molecule has 6 nitrogen and oxygen atoms in total. The molecule has 2 rings (SSSR count). The van der Waals surface area contributed by atoms with Gasteiger partial charge in [-0.2, -0.15) is 0 Å². The van der Waals surface area contributed by atoms with Gasteiger partial charge in [-0.25, -0.2) is 0 Å². The third-order valence-electron chi connectivity index (χ3n) is 3.64. The van der Waals surface area contributed by atoms with Gasteiger partial charge in [0.15, 0.2) is 0 Å². The number of ether oxygens (including phenoxy) is 2. The molecule has 0 unspecified atom stereocenters. The highest BCUT2D eigenvalue weighted by Crippen LogP contribution is 2.27. The number of rotatable bonds is 8. The molecule has 2 aromatic rings. The van der Waals surface area contributed by atoms with Gasteiger partial charge in [0.2, 0.25) is 0 Å². The van der Waals surface area contributed by atoms with Gasteiger partial charge in [0.25, 0.3) is 5.91 Å². The van der Waals surface area contributed by atoms with Crippen molar-refractivity contribution in [1.29, 1.82) is 0 Å². The van der Waals surface area contributed by atoms with Gasteiger partial charge in [0, 0.05) is 18.2 Å². The minimum Gasteiger partial charge on any atom is -0.497 e. The van der Waals surface area contributed by atoms with Gasteiger partial charge >= 0.3 is 5.97 Å². The molecule has 0 bridgehead atoms. The fourth-order valence-corrected chi connectivity index (χ4v) is 2.37. The average molecular weight is 357 g/mol. The number of anilines is 1. The van der Waals surface area contributed by atoms with Crippen LogP contribution in [-0.4, -0.2) is 30.2 Å². The lowest BCUT2D eigenvalue weighted by Gasteiger charge is -2.15. The molecule has 26 heavy (non-hydrogen) atoms. The lowest BCUT2D eigenvalue weighted by Crippen LogP contribution is -2.16.